The van der Waals surface area contributed by atoms with E-state index in [1.165, 1.54) is 16.7 Å². The predicted octanol–water partition coefficient (Wildman–Crippen LogP) is 3.51. The Kier molecular flexibility index (Phi) is 5.19. The molecule has 0 saturated heterocycles. The van der Waals surface area contributed by atoms with Crippen molar-refractivity contribution in [3.8, 4) is 5.75 Å². The maximum atomic E-state index is 6.26. The van der Waals surface area contributed by atoms with Crippen LogP contribution in [0.3, 0.4) is 0 Å². The number of benzene rings is 2. The average molecular weight is 269 g/mol. The fourth-order valence-corrected chi connectivity index (χ4v) is 2.48. The van der Waals surface area contributed by atoms with Crippen molar-refractivity contribution < 1.29 is 4.74 Å². The van der Waals surface area contributed by atoms with Crippen molar-refractivity contribution in [2.45, 2.75) is 32.2 Å². The van der Waals surface area contributed by atoms with Gasteiger partial charge in [-0.25, -0.2) is 0 Å². The molecule has 20 heavy (non-hydrogen) atoms. The second kappa shape index (κ2) is 7.11. The van der Waals surface area contributed by atoms with Crippen molar-refractivity contribution in [1.82, 2.24) is 0 Å². The first-order valence-corrected chi connectivity index (χ1v) is 7.12. The van der Waals surface area contributed by atoms with Gasteiger partial charge in [0.1, 0.15) is 5.75 Å². The number of aryl methyl sites for hydroxylation is 2. The minimum Gasteiger partial charge on any atom is -0.496 e. The van der Waals surface area contributed by atoms with Crippen LogP contribution in [0.15, 0.2) is 48.5 Å². The molecule has 2 N–H and O–H groups in total. The third-order valence-corrected chi connectivity index (χ3v) is 3.56. The second-order valence-corrected chi connectivity index (χ2v) is 5.30. The van der Waals surface area contributed by atoms with Crippen LogP contribution in [0.4, 0.5) is 0 Å². The molecule has 0 spiro atoms. The SMILES string of the molecule is COc1ccccc1CC(N)CCc1cccc(C)c1. The molecule has 106 valence electrons. The van der Waals surface area contributed by atoms with E-state index in [1.807, 2.05) is 18.2 Å². The Hall–Kier alpha value is -1.80. The van der Waals surface area contributed by atoms with E-state index in [4.69, 9.17) is 10.5 Å². The van der Waals surface area contributed by atoms with Crippen LogP contribution in [-0.4, -0.2) is 13.2 Å². The molecule has 0 aromatic heterocycles. The molecule has 0 aliphatic rings. The number of para-hydroxylation sites is 1. The van der Waals surface area contributed by atoms with Gasteiger partial charge < -0.3 is 10.5 Å². The van der Waals surface area contributed by atoms with Crippen LogP contribution in [0.25, 0.3) is 0 Å². The number of rotatable bonds is 6. The molecule has 2 heteroatoms. The molecule has 1 atom stereocenters. The van der Waals surface area contributed by atoms with Crippen molar-refractivity contribution in [2.24, 2.45) is 5.73 Å². The smallest absolute Gasteiger partial charge is 0.122 e. The number of hydrogen-bond acceptors (Lipinski definition) is 2. The zero-order chi connectivity index (χ0) is 14.4. The lowest BCUT2D eigenvalue weighted by atomic mass is 9.98. The summed E-state index contributed by atoms with van der Waals surface area (Å²) < 4.78 is 5.37. The first kappa shape index (κ1) is 14.6. The van der Waals surface area contributed by atoms with E-state index < -0.39 is 0 Å². The Morgan fingerprint density at radius 1 is 1.10 bits per heavy atom. The lowest BCUT2D eigenvalue weighted by Crippen LogP contribution is -2.23. The quantitative estimate of drug-likeness (QED) is 0.871. The zero-order valence-electron chi connectivity index (χ0n) is 12.3. The molecule has 0 fully saturated rings. The lowest BCUT2D eigenvalue weighted by molar-refractivity contribution is 0.407. The Balaban J connectivity index is 1.91. The van der Waals surface area contributed by atoms with Crippen LogP contribution >= 0.6 is 0 Å². The summed E-state index contributed by atoms with van der Waals surface area (Å²) in [7, 11) is 1.71. The monoisotopic (exact) mass is 269 g/mol. The van der Waals surface area contributed by atoms with Crippen LogP contribution in [-0.2, 0) is 12.8 Å². The van der Waals surface area contributed by atoms with Crippen LogP contribution in [0.2, 0.25) is 0 Å². The van der Waals surface area contributed by atoms with E-state index in [0.717, 1.165) is 25.0 Å². The van der Waals surface area contributed by atoms with E-state index in [0.29, 0.717) is 0 Å². The molecular weight excluding hydrogens is 246 g/mol. The summed E-state index contributed by atoms with van der Waals surface area (Å²) in [6, 6.07) is 16.9. The van der Waals surface area contributed by atoms with E-state index in [2.05, 4.69) is 37.3 Å². The normalized spacial score (nSPS) is 12.2. The first-order chi connectivity index (χ1) is 9.69. The average Bonchev–Trinajstić information content (AvgIpc) is 2.46. The fourth-order valence-electron chi connectivity index (χ4n) is 2.48. The van der Waals surface area contributed by atoms with Gasteiger partial charge in [-0.2, -0.15) is 0 Å². The summed E-state index contributed by atoms with van der Waals surface area (Å²) in [5.41, 5.74) is 10.1. The van der Waals surface area contributed by atoms with Gasteiger partial charge in [-0.15, -0.1) is 0 Å². The van der Waals surface area contributed by atoms with Gasteiger partial charge in [0, 0.05) is 6.04 Å². The standard InChI is InChI=1S/C18H23NO/c1-14-6-5-7-15(12-14)10-11-17(19)13-16-8-3-4-9-18(16)20-2/h3-9,12,17H,10-11,13,19H2,1-2H3. The van der Waals surface area contributed by atoms with Gasteiger partial charge >= 0.3 is 0 Å². The Labute approximate surface area is 121 Å². The minimum atomic E-state index is 0.159. The number of ether oxygens (including phenoxy) is 1. The van der Waals surface area contributed by atoms with Crippen molar-refractivity contribution in [1.29, 1.82) is 0 Å². The number of nitrogens with two attached hydrogens (primary N) is 1. The van der Waals surface area contributed by atoms with Crippen LogP contribution in [0.5, 0.6) is 5.75 Å². The summed E-state index contributed by atoms with van der Waals surface area (Å²) in [5, 5.41) is 0. The van der Waals surface area contributed by atoms with Crippen LogP contribution in [0.1, 0.15) is 23.1 Å². The molecule has 0 bridgehead atoms. The molecule has 2 nitrogen and oxygen atoms in total. The lowest BCUT2D eigenvalue weighted by Gasteiger charge is -2.14. The molecule has 0 saturated carbocycles. The van der Waals surface area contributed by atoms with Gasteiger partial charge in [0.2, 0.25) is 0 Å². The fraction of sp³-hybridized carbons (Fsp3) is 0.333. The van der Waals surface area contributed by atoms with E-state index in [-0.39, 0.29) is 6.04 Å². The molecule has 2 aromatic rings. The summed E-state index contributed by atoms with van der Waals surface area (Å²) >= 11 is 0. The Morgan fingerprint density at radius 3 is 2.65 bits per heavy atom. The van der Waals surface area contributed by atoms with Crippen molar-refractivity contribution in [3.05, 3.63) is 65.2 Å². The molecular formula is C18H23NO. The van der Waals surface area contributed by atoms with Gasteiger partial charge in [-0.05, 0) is 43.4 Å². The second-order valence-electron chi connectivity index (χ2n) is 5.30. The largest absolute Gasteiger partial charge is 0.496 e. The summed E-state index contributed by atoms with van der Waals surface area (Å²) in [6.07, 6.45) is 2.87. The predicted molar refractivity (Wildman–Crippen MR) is 84.2 cm³/mol. The van der Waals surface area contributed by atoms with Crippen LogP contribution in [0, 0.1) is 6.92 Å². The molecule has 0 aliphatic heterocycles. The molecule has 0 heterocycles. The first-order valence-electron chi connectivity index (χ1n) is 7.12. The van der Waals surface area contributed by atoms with E-state index >= 15 is 0 Å². The van der Waals surface area contributed by atoms with E-state index in [9.17, 15) is 0 Å². The van der Waals surface area contributed by atoms with Crippen LogP contribution < -0.4 is 10.5 Å². The molecule has 0 amide bonds. The van der Waals surface area contributed by atoms with Gasteiger partial charge in [0.15, 0.2) is 0 Å². The highest BCUT2D eigenvalue weighted by molar-refractivity contribution is 5.33. The summed E-state index contributed by atoms with van der Waals surface area (Å²) in [6.45, 7) is 2.12. The maximum Gasteiger partial charge on any atom is 0.122 e. The number of hydrogen-bond donors (Lipinski definition) is 1. The maximum absolute atomic E-state index is 6.26. The topological polar surface area (TPSA) is 35.2 Å². The molecule has 2 aromatic carbocycles. The van der Waals surface area contributed by atoms with Gasteiger partial charge in [0.25, 0.3) is 0 Å². The van der Waals surface area contributed by atoms with Gasteiger partial charge in [-0.1, -0.05) is 48.0 Å². The zero-order valence-corrected chi connectivity index (χ0v) is 12.3. The highest BCUT2D eigenvalue weighted by Gasteiger charge is 2.08. The highest BCUT2D eigenvalue weighted by Crippen LogP contribution is 2.19. The van der Waals surface area contributed by atoms with Crippen molar-refractivity contribution in [2.75, 3.05) is 7.11 Å². The summed E-state index contributed by atoms with van der Waals surface area (Å²) in [4.78, 5) is 0. The van der Waals surface area contributed by atoms with E-state index in [1.54, 1.807) is 7.11 Å². The number of methoxy groups -OCH3 is 1. The summed E-state index contributed by atoms with van der Waals surface area (Å²) in [5.74, 6) is 0.929. The molecule has 1 unspecified atom stereocenters. The van der Waals surface area contributed by atoms with Gasteiger partial charge in [0.05, 0.1) is 7.11 Å². The Bertz CT molecular complexity index is 551. The highest BCUT2D eigenvalue weighted by atomic mass is 16.5. The molecule has 0 aliphatic carbocycles. The molecule has 0 radical (unpaired) electrons. The minimum absolute atomic E-state index is 0.159. The Morgan fingerprint density at radius 2 is 1.90 bits per heavy atom. The third-order valence-electron chi connectivity index (χ3n) is 3.56. The third kappa shape index (κ3) is 4.10. The van der Waals surface area contributed by atoms with Crippen molar-refractivity contribution >= 4 is 0 Å². The van der Waals surface area contributed by atoms with Crippen molar-refractivity contribution in [3.63, 3.8) is 0 Å². The molecule has 2 rings (SSSR count). The van der Waals surface area contributed by atoms with Gasteiger partial charge in [-0.3, -0.25) is 0 Å².